The predicted molar refractivity (Wildman–Crippen MR) is 89.8 cm³/mol. The van der Waals surface area contributed by atoms with Gasteiger partial charge < -0.3 is 5.32 Å². The predicted octanol–water partition coefficient (Wildman–Crippen LogP) is 4.19. The summed E-state index contributed by atoms with van der Waals surface area (Å²) in [5.41, 5.74) is 2.55. The van der Waals surface area contributed by atoms with Crippen LogP contribution in [0.4, 0.5) is 0 Å². The lowest BCUT2D eigenvalue weighted by Crippen LogP contribution is -2.26. The van der Waals surface area contributed by atoms with Crippen molar-refractivity contribution in [1.82, 2.24) is 10.3 Å². The third-order valence-electron chi connectivity index (χ3n) is 2.80. The van der Waals surface area contributed by atoms with Crippen LogP contribution in [0.3, 0.4) is 0 Å². The average Bonchev–Trinajstić information content (AvgIpc) is 3.26. The topological polar surface area (TPSA) is 42.0 Å². The maximum absolute atomic E-state index is 12.1. The number of hydrogen-bond donors (Lipinski definition) is 1. The molecule has 0 spiro atoms. The van der Waals surface area contributed by atoms with Gasteiger partial charge in [-0.1, -0.05) is 12.1 Å². The lowest BCUT2D eigenvalue weighted by atomic mass is 10.2. The lowest BCUT2D eigenvalue weighted by Gasteiger charge is -2.14. The molecule has 0 unspecified atom stereocenters. The summed E-state index contributed by atoms with van der Waals surface area (Å²) in [6, 6.07) is 7.99. The quantitative estimate of drug-likeness (QED) is 0.712. The number of nitrogens with one attached hydrogen (secondary N) is 1. The molecule has 3 rings (SSSR count). The number of rotatable bonds is 5. The van der Waals surface area contributed by atoms with Crippen LogP contribution in [0.15, 0.2) is 52.0 Å². The third kappa shape index (κ3) is 3.66. The zero-order valence-corrected chi connectivity index (χ0v) is 13.4. The highest BCUT2D eigenvalue weighted by Gasteiger charge is 2.17. The molecule has 0 saturated carbocycles. The van der Waals surface area contributed by atoms with Gasteiger partial charge in [0, 0.05) is 21.2 Å². The van der Waals surface area contributed by atoms with Crippen LogP contribution in [0.25, 0.3) is 6.08 Å². The first-order chi connectivity index (χ1) is 10.3. The van der Waals surface area contributed by atoms with E-state index in [2.05, 4.69) is 10.3 Å². The van der Waals surface area contributed by atoms with Crippen molar-refractivity contribution in [2.75, 3.05) is 0 Å². The zero-order chi connectivity index (χ0) is 14.5. The van der Waals surface area contributed by atoms with Crippen LogP contribution in [0.5, 0.6) is 0 Å². The SMILES string of the molecule is O=C(/C=C/c1cscn1)NC(c1cccs1)c1cccs1. The lowest BCUT2D eigenvalue weighted by molar-refractivity contribution is -0.116. The summed E-state index contributed by atoms with van der Waals surface area (Å²) in [5.74, 6) is -0.116. The van der Waals surface area contributed by atoms with Crippen molar-refractivity contribution in [3.05, 3.63) is 67.4 Å². The molecule has 0 radical (unpaired) electrons. The van der Waals surface area contributed by atoms with E-state index in [0.717, 1.165) is 15.4 Å². The van der Waals surface area contributed by atoms with Gasteiger partial charge in [-0.15, -0.1) is 34.0 Å². The number of hydrogen-bond acceptors (Lipinski definition) is 5. The molecular formula is C15H12N2OS3. The van der Waals surface area contributed by atoms with Gasteiger partial charge in [0.25, 0.3) is 0 Å². The van der Waals surface area contributed by atoms with Gasteiger partial charge in [0.05, 0.1) is 17.2 Å². The highest BCUT2D eigenvalue weighted by molar-refractivity contribution is 7.11. The minimum Gasteiger partial charge on any atom is -0.340 e. The molecule has 0 saturated heterocycles. The molecule has 21 heavy (non-hydrogen) atoms. The largest absolute Gasteiger partial charge is 0.340 e. The summed E-state index contributed by atoms with van der Waals surface area (Å²) in [6.45, 7) is 0. The Balaban J connectivity index is 1.74. The number of aromatic nitrogens is 1. The molecule has 3 nitrogen and oxygen atoms in total. The van der Waals surface area contributed by atoms with Crippen LogP contribution in [0, 0.1) is 0 Å². The Bertz CT molecular complexity index is 666. The summed E-state index contributed by atoms with van der Waals surface area (Å²) in [6.07, 6.45) is 3.26. The minimum absolute atomic E-state index is 0.0856. The van der Waals surface area contributed by atoms with Gasteiger partial charge in [-0.05, 0) is 29.0 Å². The van der Waals surface area contributed by atoms with E-state index < -0.39 is 0 Å². The molecule has 3 aromatic rings. The molecule has 1 N–H and O–H groups in total. The molecule has 0 bridgehead atoms. The maximum atomic E-state index is 12.1. The Kier molecular flexibility index (Phi) is 4.59. The van der Waals surface area contributed by atoms with Gasteiger partial charge in [0.1, 0.15) is 0 Å². The maximum Gasteiger partial charge on any atom is 0.244 e. The molecular weight excluding hydrogens is 320 g/mol. The van der Waals surface area contributed by atoms with Gasteiger partial charge in [0.2, 0.25) is 5.91 Å². The summed E-state index contributed by atoms with van der Waals surface area (Å²) in [5, 5.41) is 9.00. The van der Waals surface area contributed by atoms with Crippen LogP contribution in [-0.4, -0.2) is 10.9 Å². The van der Waals surface area contributed by atoms with E-state index in [0.29, 0.717) is 0 Å². The molecule has 3 heterocycles. The fourth-order valence-electron chi connectivity index (χ4n) is 1.85. The molecule has 0 aliphatic heterocycles. The van der Waals surface area contributed by atoms with Crippen LogP contribution >= 0.6 is 34.0 Å². The summed E-state index contributed by atoms with van der Waals surface area (Å²) in [4.78, 5) is 18.5. The Hall–Kier alpha value is -1.76. The zero-order valence-electron chi connectivity index (χ0n) is 10.9. The van der Waals surface area contributed by atoms with Crippen molar-refractivity contribution in [3.8, 4) is 0 Å². The van der Waals surface area contributed by atoms with Crippen LogP contribution in [0.1, 0.15) is 21.5 Å². The normalized spacial score (nSPS) is 11.3. The molecule has 0 atom stereocenters. The first-order valence-corrected chi connectivity index (χ1v) is 8.97. The summed E-state index contributed by atoms with van der Waals surface area (Å²) < 4.78 is 0. The third-order valence-corrected chi connectivity index (χ3v) is 5.28. The second kappa shape index (κ2) is 6.80. The van der Waals surface area contributed by atoms with E-state index in [9.17, 15) is 4.79 Å². The first-order valence-electron chi connectivity index (χ1n) is 6.26. The number of carbonyl (C=O) groups excluding carboxylic acids is 1. The molecule has 0 aliphatic carbocycles. The summed E-state index contributed by atoms with van der Waals surface area (Å²) >= 11 is 4.80. The van der Waals surface area contributed by atoms with E-state index in [1.54, 1.807) is 34.3 Å². The smallest absolute Gasteiger partial charge is 0.244 e. The van der Waals surface area contributed by atoms with Crippen LogP contribution < -0.4 is 5.32 Å². The fourth-order valence-corrected chi connectivity index (χ4v) is 4.03. The standard InChI is InChI=1S/C15H12N2OS3/c18-14(6-5-11-9-19-10-16-11)17-15(12-3-1-7-20-12)13-4-2-8-21-13/h1-10,15H,(H,17,18)/b6-5+. The van der Waals surface area contributed by atoms with E-state index >= 15 is 0 Å². The first kappa shape index (κ1) is 14.2. The van der Waals surface area contributed by atoms with E-state index in [-0.39, 0.29) is 11.9 Å². The second-order valence-electron chi connectivity index (χ2n) is 4.22. The number of carbonyl (C=O) groups is 1. The molecule has 3 aromatic heterocycles. The average molecular weight is 332 g/mol. The highest BCUT2D eigenvalue weighted by atomic mass is 32.1. The van der Waals surface area contributed by atoms with Crippen LogP contribution in [0.2, 0.25) is 0 Å². The summed E-state index contributed by atoms with van der Waals surface area (Å²) in [7, 11) is 0. The minimum atomic E-state index is -0.116. The Morgan fingerprint density at radius 3 is 2.43 bits per heavy atom. The van der Waals surface area contributed by atoms with E-state index in [4.69, 9.17) is 0 Å². The number of nitrogens with zero attached hydrogens (tertiary/aromatic N) is 1. The number of amides is 1. The second-order valence-corrected chi connectivity index (χ2v) is 6.90. The monoisotopic (exact) mass is 332 g/mol. The van der Waals surface area contributed by atoms with Crippen molar-refractivity contribution in [3.63, 3.8) is 0 Å². The van der Waals surface area contributed by atoms with E-state index in [1.807, 2.05) is 40.4 Å². The van der Waals surface area contributed by atoms with Gasteiger partial charge in [-0.3, -0.25) is 4.79 Å². The van der Waals surface area contributed by atoms with E-state index in [1.165, 1.54) is 17.4 Å². The van der Waals surface area contributed by atoms with Gasteiger partial charge in [0.15, 0.2) is 0 Å². The van der Waals surface area contributed by atoms with Gasteiger partial charge >= 0.3 is 0 Å². The molecule has 1 amide bonds. The van der Waals surface area contributed by atoms with Gasteiger partial charge in [-0.2, -0.15) is 0 Å². The Morgan fingerprint density at radius 2 is 1.90 bits per heavy atom. The highest BCUT2D eigenvalue weighted by Crippen LogP contribution is 2.29. The van der Waals surface area contributed by atoms with Crippen molar-refractivity contribution >= 4 is 46.0 Å². The molecule has 0 aliphatic rings. The Labute approximate surface area is 134 Å². The van der Waals surface area contributed by atoms with Crippen molar-refractivity contribution < 1.29 is 4.79 Å². The van der Waals surface area contributed by atoms with Crippen molar-refractivity contribution in [1.29, 1.82) is 0 Å². The Morgan fingerprint density at radius 1 is 1.19 bits per heavy atom. The van der Waals surface area contributed by atoms with Crippen molar-refractivity contribution in [2.24, 2.45) is 0 Å². The molecule has 0 fully saturated rings. The van der Waals surface area contributed by atoms with Crippen molar-refractivity contribution in [2.45, 2.75) is 6.04 Å². The van der Waals surface area contributed by atoms with Gasteiger partial charge in [-0.25, -0.2) is 4.98 Å². The number of thiazole rings is 1. The molecule has 106 valence electrons. The van der Waals surface area contributed by atoms with Crippen LogP contribution in [-0.2, 0) is 4.79 Å². The molecule has 0 aromatic carbocycles. The molecule has 6 heteroatoms. The fraction of sp³-hybridized carbons (Fsp3) is 0.0667. The number of thiophene rings is 2.